The van der Waals surface area contributed by atoms with E-state index < -0.39 is 0 Å². The van der Waals surface area contributed by atoms with Gasteiger partial charge in [0, 0.05) is 11.4 Å². The highest BCUT2D eigenvalue weighted by Gasteiger charge is 2.27. The van der Waals surface area contributed by atoms with Gasteiger partial charge in [-0.15, -0.1) is 11.3 Å². The van der Waals surface area contributed by atoms with Crippen molar-refractivity contribution in [2.24, 2.45) is 0 Å². The Morgan fingerprint density at radius 3 is 3.20 bits per heavy atom. The molecule has 4 rings (SSSR count). The molecule has 5 nitrogen and oxygen atoms in total. The molecule has 1 N–H and O–H groups in total. The van der Waals surface area contributed by atoms with Crippen molar-refractivity contribution in [3.05, 3.63) is 45.9 Å². The van der Waals surface area contributed by atoms with E-state index in [4.69, 9.17) is 8.94 Å². The van der Waals surface area contributed by atoms with E-state index in [-0.39, 0.29) is 6.04 Å². The molecule has 6 heteroatoms. The maximum atomic E-state index is 5.45. The Labute approximate surface area is 119 Å². The van der Waals surface area contributed by atoms with Crippen molar-refractivity contribution < 1.29 is 8.94 Å². The first-order chi connectivity index (χ1) is 9.83. The van der Waals surface area contributed by atoms with Gasteiger partial charge in [-0.2, -0.15) is 4.98 Å². The van der Waals surface area contributed by atoms with Gasteiger partial charge in [-0.05, 0) is 36.4 Å². The minimum absolute atomic E-state index is 0.00143. The van der Waals surface area contributed by atoms with E-state index in [1.54, 1.807) is 17.6 Å². The van der Waals surface area contributed by atoms with Gasteiger partial charge in [-0.3, -0.25) is 0 Å². The molecule has 0 aromatic carbocycles. The van der Waals surface area contributed by atoms with Crippen LogP contribution >= 0.6 is 11.3 Å². The normalized spacial score (nSPS) is 18.1. The Balaban J connectivity index is 1.72. The molecular formula is C14H13N3O2S. The average molecular weight is 287 g/mol. The number of rotatable bonds is 2. The molecule has 1 atom stereocenters. The number of thiophene rings is 1. The lowest BCUT2D eigenvalue weighted by Gasteiger charge is -2.20. The van der Waals surface area contributed by atoms with Crippen molar-refractivity contribution in [2.45, 2.75) is 19.4 Å². The minimum Gasteiger partial charge on any atom is -0.469 e. The van der Waals surface area contributed by atoms with Crippen molar-refractivity contribution in [3.63, 3.8) is 0 Å². The number of hydrogen-bond donors (Lipinski definition) is 1. The van der Waals surface area contributed by atoms with Gasteiger partial charge in [0.2, 0.25) is 11.7 Å². The smallest absolute Gasteiger partial charge is 0.248 e. The molecule has 0 fully saturated rings. The summed E-state index contributed by atoms with van der Waals surface area (Å²) in [5.74, 6) is 1.99. The molecule has 20 heavy (non-hydrogen) atoms. The molecule has 0 spiro atoms. The first-order valence-corrected chi connectivity index (χ1v) is 7.38. The fourth-order valence-electron chi connectivity index (χ4n) is 2.55. The summed E-state index contributed by atoms with van der Waals surface area (Å²) in [6.07, 6.45) is 2.70. The van der Waals surface area contributed by atoms with E-state index >= 15 is 0 Å². The predicted octanol–water partition coefficient (Wildman–Crippen LogP) is 2.93. The van der Waals surface area contributed by atoms with Gasteiger partial charge in [0.05, 0.1) is 11.8 Å². The van der Waals surface area contributed by atoms with E-state index in [0.717, 1.165) is 24.3 Å². The lowest BCUT2D eigenvalue weighted by Crippen LogP contribution is -2.29. The number of nitrogens with zero attached hydrogens (tertiary/aromatic N) is 2. The fourth-order valence-corrected chi connectivity index (χ4v) is 3.47. The molecule has 0 saturated carbocycles. The number of aromatic nitrogens is 2. The quantitative estimate of drug-likeness (QED) is 0.785. The number of fused-ring (bicyclic) bond motifs is 1. The van der Waals surface area contributed by atoms with Gasteiger partial charge < -0.3 is 14.3 Å². The molecule has 3 aromatic heterocycles. The minimum atomic E-state index is -0.00143. The van der Waals surface area contributed by atoms with Crippen LogP contribution in [0.3, 0.4) is 0 Å². The summed E-state index contributed by atoms with van der Waals surface area (Å²) in [4.78, 5) is 5.92. The second-order valence-electron chi connectivity index (χ2n) is 4.78. The Morgan fingerprint density at radius 2 is 2.35 bits per heavy atom. The van der Waals surface area contributed by atoms with Crippen LogP contribution < -0.4 is 5.32 Å². The maximum absolute atomic E-state index is 5.45. The molecule has 1 unspecified atom stereocenters. The van der Waals surface area contributed by atoms with Crippen LogP contribution in [0.2, 0.25) is 0 Å². The van der Waals surface area contributed by atoms with Crippen LogP contribution in [0, 0.1) is 6.92 Å². The Morgan fingerprint density at radius 1 is 1.40 bits per heavy atom. The van der Waals surface area contributed by atoms with Crippen LogP contribution in [0.1, 0.15) is 28.1 Å². The molecule has 102 valence electrons. The van der Waals surface area contributed by atoms with Crippen molar-refractivity contribution in [3.8, 4) is 11.4 Å². The largest absolute Gasteiger partial charge is 0.469 e. The second-order valence-corrected chi connectivity index (χ2v) is 5.78. The van der Waals surface area contributed by atoms with Crippen molar-refractivity contribution >= 4 is 11.3 Å². The molecule has 1 aliphatic rings. The number of nitrogens with one attached hydrogen (secondary N) is 1. The molecular weight excluding hydrogens is 274 g/mol. The molecule has 3 aromatic rings. The van der Waals surface area contributed by atoms with E-state index in [1.165, 1.54) is 10.4 Å². The van der Waals surface area contributed by atoms with Crippen LogP contribution in [0.25, 0.3) is 11.4 Å². The first kappa shape index (κ1) is 11.9. The van der Waals surface area contributed by atoms with Crippen molar-refractivity contribution in [1.29, 1.82) is 0 Å². The first-order valence-electron chi connectivity index (χ1n) is 6.50. The summed E-state index contributed by atoms with van der Waals surface area (Å²) in [7, 11) is 0. The zero-order valence-corrected chi connectivity index (χ0v) is 11.7. The van der Waals surface area contributed by atoms with Crippen molar-refractivity contribution in [1.82, 2.24) is 15.5 Å². The number of hydrogen-bond acceptors (Lipinski definition) is 6. The highest BCUT2D eigenvalue weighted by atomic mass is 32.1. The van der Waals surface area contributed by atoms with Crippen LogP contribution in [-0.4, -0.2) is 16.7 Å². The zero-order valence-electron chi connectivity index (χ0n) is 10.9. The maximum Gasteiger partial charge on any atom is 0.248 e. The molecule has 4 heterocycles. The second kappa shape index (κ2) is 4.57. The summed E-state index contributed by atoms with van der Waals surface area (Å²) in [5.41, 5.74) is 2.13. The third-order valence-corrected chi connectivity index (χ3v) is 4.58. The van der Waals surface area contributed by atoms with Gasteiger partial charge in [-0.1, -0.05) is 5.16 Å². The average Bonchev–Trinajstić information content (AvgIpc) is 3.17. The van der Waals surface area contributed by atoms with E-state index in [1.807, 2.05) is 13.0 Å². The molecule has 0 amide bonds. The molecule has 0 radical (unpaired) electrons. The predicted molar refractivity (Wildman–Crippen MR) is 74.6 cm³/mol. The summed E-state index contributed by atoms with van der Waals surface area (Å²) < 4.78 is 10.7. The highest BCUT2D eigenvalue weighted by molar-refractivity contribution is 7.10. The van der Waals surface area contributed by atoms with E-state index in [0.29, 0.717) is 11.7 Å². The standard InChI is InChI=1S/C14H13N3O2S/c1-8-9(3-6-18-8)13-16-14(19-17-13)12-10-4-7-20-11(10)2-5-15-12/h3-4,6-7,12,15H,2,5H2,1H3. The van der Waals surface area contributed by atoms with Crippen LogP contribution in [0.15, 0.2) is 32.7 Å². The van der Waals surface area contributed by atoms with Gasteiger partial charge in [0.1, 0.15) is 11.8 Å². The Kier molecular flexibility index (Phi) is 2.71. The molecule has 0 aliphatic carbocycles. The topological polar surface area (TPSA) is 64.1 Å². The highest BCUT2D eigenvalue weighted by Crippen LogP contribution is 2.32. The summed E-state index contributed by atoms with van der Waals surface area (Å²) in [6.45, 7) is 2.82. The summed E-state index contributed by atoms with van der Waals surface area (Å²) >= 11 is 1.79. The van der Waals surface area contributed by atoms with Crippen LogP contribution in [-0.2, 0) is 6.42 Å². The number of aryl methyl sites for hydroxylation is 1. The van der Waals surface area contributed by atoms with Gasteiger partial charge in [0.25, 0.3) is 0 Å². The molecule has 0 saturated heterocycles. The lowest BCUT2D eigenvalue weighted by atomic mass is 10.0. The van der Waals surface area contributed by atoms with Crippen LogP contribution in [0.4, 0.5) is 0 Å². The van der Waals surface area contributed by atoms with Crippen LogP contribution in [0.5, 0.6) is 0 Å². The van der Waals surface area contributed by atoms with Gasteiger partial charge >= 0.3 is 0 Å². The van der Waals surface area contributed by atoms with Gasteiger partial charge in [-0.25, -0.2) is 0 Å². The lowest BCUT2D eigenvalue weighted by molar-refractivity contribution is 0.344. The summed E-state index contributed by atoms with van der Waals surface area (Å²) in [6, 6.07) is 3.98. The monoisotopic (exact) mass is 287 g/mol. The van der Waals surface area contributed by atoms with Gasteiger partial charge in [0.15, 0.2) is 0 Å². The fraction of sp³-hybridized carbons (Fsp3) is 0.286. The van der Waals surface area contributed by atoms with E-state index in [9.17, 15) is 0 Å². The van der Waals surface area contributed by atoms with E-state index in [2.05, 4.69) is 26.9 Å². The van der Waals surface area contributed by atoms with Crippen molar-refractivity contribution in [2.75, 3.05) is 6.54 Å². The third kappa shape index (κ3) is 1.80. The Hall–Kier alpha value is -1.92. The SMILES string of the molecule is Cc1occc1-c1noc(C2NCCc3sccc32)n1. The number of furan rings is 1. The Bertz CT molecular complexity index is 743. The molecule has 1 aliphatic heterocycles. The summed E-state index contributed by atoms with van der Waals surface area (Å²) in [5, 5.41) is 9.62. The zero-order chi connectivity index (χ0) is 13.5. The molecule has 0 bridgehead atoms. The third-order valence-electron chi connectivity index (χ3n) is 3.58.